The maximum atomic E-state index is 13.5. The fourth-order valence-corrected chi connectivity index (χ4v) is 5.84. The third-order valence-electron chi connectivity index (χ3n) is 8.16. The van der Waals surface area contributed by atoms with Crippen LogP contribution in [-0.2, 0) is 25.8 Å². The molecule has 10 heteroatoms. The summed E-state index contributed by atoms with van der Waals surface area (Å²) in [6, 6.07) is 23.9. The summed E-state index contributed by atoms with van der Waals surface area (Å²) in [6.07, 6.45) is 10.5. The van der Waals surface area contributed by atoms with Gasteiger partial charge in [-0.15, -0.1) is 10.2 Å². The van der Waals surface area contributed by atoms with Gasteiger partial charge in [0.25, 0.3) is 5.91 Å². The van der Waals surface area contributed by atoms with E-state index in [1.54, 1.807) is 13.3 Å². The molecule has 3 N–H and O–H groups in total. The number of fused-ring (bicyclic) bond motifs is 2. The van der Waals surface area contributed by atoms with E-state index >= 15 is 0 Å². The van der Waals surface area contributed by atoms with Crippen LogP contribution < -0.4 is 10.1 Å². The van der Waals surface area contributed by atoms with Gasteiger partial charge < -0.3 is 24.6 Å². The minimum atomic E-state index is -0.494. The molecular weight excluding hydrogens is 564 g/mol. The van der Waals surface area contributed by atoms with E-state index in [4.69, 9.17) is 14.9 Å². The summed E-state index contributed by atoms with van der Waals surface area (Å²) in [5.74, 6) is 1.97. The summed E-state index contributed by atoms with van der Waals surface area (Å²) in [5, 5.41) is 14.9. The molecule has 1 atom stereocenters. The first-order chi connectivity index (χ1) is 22.2. The van der Waals surface area contributed by atoms with E-state index in [0.29, 0.717) is 25.2 Å². The molecule has 224 valence electrons. The lowest BCUT2D eigenvalue weighted by Gasteiger charge is -2.20. The van der Waals surface area contributed by atoms with Gasteiger partial charge >= 0.3 is 0 Å². The van der Waals surface area contributed by atoms with Crippen LogP contribution in [0.1, 0.15) is 44.9 Å². The SMILES string of the molecule is COc1ccc(Cn2c(CCc3c[nH]c4ccccc34)nnc2C(Cc2c[nH]c3ccccc23)NC(=O)c2cnccn2)cc1. The molecule has 0 bridgehead atoms. The van der Waals surface area contributed by atoms with Crippen molar-refractivity contribution in [1.29, 1.82) is 0 Å². The molecule has 0 fully saturated rings. The highest BCUT2D eigenvalue weighted by molar-refractivity contribution is 5.92. The molecule has 7 rings (SSSR count). The largest absolute Gasteiger partial charge is 0.497 e. The molecular formula is C35H32N8O2. The lowest BCUT2D eigenvalue weighted by atomic mass is 10.0. The topological polar surface area (TPSA) is 126 Å². The molecule has 0 saturated heterocycles. The molecule has 10 nitrogen and oxygen atoms in total. The number of aromatic nitrogens is 7. The molecule has 0 spiro atoms. The molecule has 3 aromatic carbocycles. The van der Waals surface area contributed by atoms with Crippen molar-refractivity contribution in [3.63, 3.8) is 0 Å². The Labute approximate surface area is 259 Å². The fourth-order valence-electron chi connectivity index (χ4n) is 5.84. The van der Waals surface area contributed by atoms with Crippen molar-refractivity contribution in [3.8, 4) is 5.75 Å². The van der Waals surface area contributed by atoms with Crippen LogP contribution in [0.25, 0.3) is 21.8 Å². The molecule has 1 amide bonds. The quantitative estimate of drug-likeness (QED) is 0.179. The summed E-state index contributed by atoms with van der Waals surface area (Å²) in [4.78, 5) is 28.5. The van der Waals surface area contributed by atoms with Crippen molar-refractivity contribution in [2.24, 2.45) is 0 Å². The summed E-state index contributed by atoms with van der Waals surface area (Å²) in [7, 11) is 1.66. The molecule has 4 aromatic heterocycles. The highest BCUT2D eigenvalue weighted by atomic mass is 16.5. The number of nitrogens with one attached hydrogen (secondary N) is 3. The Morgan fingerprint density at radius 3 is 2.29 bits per heavy atom. The Bertz CT molecular complexity index is 2060. The average molecular weight is 597 g/mol. The first-order valence-corrected chi connectivity index (χ1v) is 14.9. The Morgan fingerprint density at radius 2 is 1.58 bits per heavy atom. The maximum absolute atomic E-state index is 13.5. The molecule has 0 aliphatic heterocycles. The highest BCUT2D eigenvalue weighted by Gasteiger charge is 2.26. The summed E-state index contributed by atoms with van der Waals surface area (Å²) >= 11 is 0. The number of ether oxygens (including phenoxy) is 1. The molecule has 0 radical (unpaired) electrons. The third kappa shape index (κ3) is 5.90. The molecule has 45 heavy (non-hydrogen) atoms. The van der Waals surface area contributed by atoms with Gasteiger partial charge in [-0.05, 0) is 47.4 Å². The normalized spacial score (nSPS) is 12.0. The number of nitrogens with zero attached hydrogens (tertiary/aromatic N) is 5. The van der Waals surface area contributed by atoms with Gasteiger partial charge in [-0.2, -0.15) is 0 Å². The fraction of sp³-hybridized carbons (Fsp3) is 0.171. The summed E-state index contributed by atoms with van der Waals surface area (Å²) in [5.41, 5.74) is 5.73. The Morgan fingerprint density at radius 1 is 0.867 bits per heavy atom. The van der Waals surface area contributed by atoms with Crippen molar-refractivity contribution in [1.82, 2.24) is 40.0 Å². The number of methoxy groups -OCH3 is 1. The van der Waals surface area contributed by atoms with Gasteiger partial charge in [-0.1, -0.05) is 48.5 Å². The van der Waals surface area contributed by atoms with Crippen LogP contribution in [0.2, 0.25) is 0 Å². The van der Waals surface area contributed by atoms with E-state index in [9.17, 15) is 4.79 Å². The maximum Gasteiger partial charge on any atom is 0.272 e. The van der Waals surface area contributed by atoms with Crippen LogP contribution in [0.5, 0.6) is 5.75 Å². The number of aromatic amines is 2. The van der Waals surface area contributed by atoms with Crippen LogP contribution in [0.4, 0.5) is 0 Å². The minimum Gasteiger partial charge on any atom is -0.497 e. The number of aryl methyl sites for hydroxylation is 2. The van der Waals surface area contributed by atoms with Gasteiger partial charge in [0.15, 0.2) is 5.82 Å². The van der Waals surface area contributed by atoms with Gasteiger partial charge in [0.05, 0.1) is 25.9 Å². The second-order valence-corrected chi connectivity index (χ2v) is 10.9. The lowest BCUT2D eigenvalue weighted by Crippen LogP contribution is -2.33. The van der Waals surface area contributed by atoms with E-state index < -0.39 is 6.04 Å². The summed E-state index contributed by atoms with van der Waals surface area (Å²) < 4.78 is 7.52. The first kappa shape index (κ1) is 28.0. The van der Waals surface area contributed by atoms with Crippen LogP contribution in [-0.4, -0.2) is 47.7 Å². The number of amides is 1. The Kier molecular flexibility index (Phi) is 7.76. The van der Waals surface area contributed by atoms with Crippen molar-refractivity contribution in [2.45, 2.75) is 31.8 Å². The molecule has 0 aliphatic rings. The zero-order valence-electron chi connectivity index (χ0n) is 24.8. The van der Waals surface area contributed by atoms with E-state index in [0.717, 1.165) is 45.5 Å². The zero-order chi connectivity index (χ0) is 30.6. The molecule has 0 saturated carbocycles. The number of hydrogen-bond acceptors (Lipinski definition) is 6. The molecule has 7 aromatic rings. The van der Waals surface area contributed by atoms with Crippen LogP contribution >= 0.6 is 0 Å². The molecule has 4 heterocycles. The lowest BCUT2D eigenvalue weighted by molar-refractivity contribution is 0.0928. The van der Waals surface area contributed by atoms with Crippen LogP contribution in [0.15, 0.2) is 104 Å². The number of H-pyrrole nitrogens is 2. The molecule has 0 aliphatic carbocycles. The van der Waals surface area contributed by atoms with E-state index in [-0.39, 0.29) is 11.6 Å². The van der Waals surface area contributed by atoms with Crippen LogP contribution in [0, 0.1) is 0 Å². The van der Waals surface area contributed by atoms with Crippen molar-refractivity contribution in [3.05, 3.63) is 138 Å². The van der Waals surface area contributed by atoms with Crippen molar-refractivity contribution >= 4 is 27.7 Å². The second-order valence-electron chi connectivity index (χ2n) is 10.9. The minimum absolute atomic E-state index is 0.238. The number of carbonyl (C=O) groups excluding carboxylic acids is 1. The Balaban J connectivity index is 1.27. The van der Waals surface area contributed by atoms with E-state index in [1.165, 1.54) is 23.3 Å². The van der Waals surface area contributed by atoms with E-state index in [1.807, 2.05) is 54.7 Å². The average Bonchev–Trinajstić information content (AvgIpc) is 3.81. The second kappa shape index (κ2) is 12.5. The predicted octanol–water partition coefficient (Wildman–Crippen LogP) is 5.59. The smallest absolute Gasteiger partial charge is 0.272 e. The first-order valence-electron chi connectivity index (χ1n) is 14.9. The highest BCUT2D eigenvalue weighted by Crippen LogP contribution is 2.27. The van der Waals surface area contributed by atoms with Crippen molar-refractivity contribution < 1.29 is 9.53 Å². The van der Waals surface area contributed by atoms with Gasteiger partial charge in [-0.3, -0.25) is 9.78 Å². The van der Waals surface area contributed by atoms with Gasteiger partial charge in [-0.25, -0.2) is 4.98 Å². The van der Waals surface area contributed by atoms with Gasteiger partial charge in [0, 0.05) is 59.4 Å². The van der Waals surface area contributed by atoms with Crippen molar-refractivity contribution in [2.75, 3.05) is 7.11 Å². The number of para-hydroxylation sites is 2. The van der Waals surface area contributed by atoms with Gasteiger partial charge in [0.2, 0.25) is 0 Å². The monoisotopic (exact) mass is 596 g/mol. The third-order valence-corrected chi connectivity index (χ3v) is 8.16. The standard InChI is InChI=1S/C35H32N8O2/c1-45-26-13-10-23(11-14-26)22-43-33(15-12-24-19-38-29-8-4-2-6-27(24)29)41-42-34(43)31(40-35(44)32-21-36-16-17-37-32)18-25-20-39-30-9-5-3-7-28(25)30/h2-11,13-14,16-17,19-21,31,38-39H,12,15,18,22H2,1H3,(H,40,44). The van der Waals surface area contributed by atoms with E-state index in [2.05, 4.69) is 60.3 Å². The molecule has 1 unspecified atom stereocenters. The zero-order valence-corrected chi connectivity index (χ0v) is 24.8. The predicted molar refractivity (Wildman–Crippen MR) is 172 cm³/mol. The number of benzene rings is 3. The van der Waals surface area contributed by atoms with Gasteiger partial charge in [0.1, 0.15) is 17.3 Å². The number of hydrogen-bond donors (Lipinski definition) is 3. The Hall–Kier alpha value is -5.77. The van der Waals surface area contributed by atoms with Crippen LogP contribution in [0.3, 0.4) is 0 Å². The summed E-state index contributed by atoms with van der Waals surface area (Å²) in [6.45, 7) is 0.529. The number of rotatable bonds is 11. The number of carbonyl (C=O) groups is 1.